The average Bonchev–Trinajstić information content (AvgIpc) is 3.09. The van der Waals surface area contributed by atoms with E-state index < -0.39 is 9.84 Å². The number of anilines is 1. The van der Waals surface area contributed by atoms with Crippen LogP contribution in [0.15, 0.2) is 24.3 Å². The Kier molecular flexibility index (Phi) is 4.99. The molecule has 6 nitrogen and oxygen atoms in total. The summed E-state index contributed by atoms with van der Waals surface area (Å²) in [5, 5.41) is 8.02. The van der Waals surface area contributed by atoms with Crippen LogP contribution in [0.25, 0.3) is 5.69 Å². The number of rotatable bonds is 4. The Labute approximate surface area is 163 Å². The standard InChI is InChI=1S/C19H22ClN3O3S/c20-14-6-8-15(9-7-14)23-19(16-11-27(25,26)12-17(16)22-23)21-18(24)10-13-4-2-1-3-5-13/h6-9,13H,1-5,10-12H2,(H,21,24). The van der Waals surface area contributed by atoms with Gasteiger partial charge in [0.15, 0.2) is 9.84 Å². The summed E-state index contributed by atoms with van der Waals surface area (Å²) in [6, 6.07) is 7.09. The zero-order valence-corrected chi connectivity index (χ0v) is 16.5. The van der Waals surface area contributed by atoms with Crippen molar-refractivity contribution in [3.05, 3.63) is 40.5 Å². The maximum atomic E-state index is 12.7. The van der Waals surface area contributed by atoms with Crippen LogP contribution in [0.4, 0.5) is 5.82 Å². The molecule has 1 aliphatic carbocycles. The molecule has 1 saturated carbocycles. The van der Waals surface area contributed by atoms with Gasteiger partial charge in [-0.05, 0) is 43.0 Å². The fourth-order valence-electron chi connectivity index (χ4n) is 3.98. The van der Waals surface area contributed by atoms with E-state index in [1.54, 1.807) is 28.9 Å². The van der Waals surface area contributed by atoms with Gasteiger partial charge in [0, 0.05) is 17.0 Å². The molecular weight excluding hydrogens is 386 g/mol. The van der Waals surface area contributed by atoms with E-state index in [1.807, 2.05) is 0 Å². The lowest BCUT2D eigenvalue weighted by Gasteiger charge is -2.21. The Hall–Kier alpha value is -1.86. The highest BCUT2D eigenvalue weighted by molar-refractivity contribution is 7.90. The van der Waals surface area contributed by atoms with Crippen molar-refractivity contribution in [2.45, 2.75) is 50.0 Å². The normalized spacial score (nSPS) is 19.0. The second kappa shape index (κ2) is 7.28. The number of hydrogen-bond donors (Lipinski definition) is 1. The van der Waals surface area contributed by atoms with Crippen molar-refractivity contribution in [2.75, 3.05) is 5.32 Å². The molecule has 8 heteroatoms. The van der Waals surface area contributed by atoms with Crippen molar-refractivity contribution in [3.63, 3.8) is 0 Å². The van der Waals surface area contributed by atoms with Crippen LogP contribution >= 0.6 is 11.6 Å². The Morgan fingerprint density at radius 3 is 2.56 bits per heavy atom. The topological polar surface area (TPSA) is 81.1 Å². The highest BCUT2D eigenvalue weighted by atomic mass is 35.5. The summed E-state index contributed by atoms with van der Waals surface area (Å²) in [5.41, 5.74) is 1.85. The lowest BCUT2D eigenvalue weighted by Crippen LogP contribution is -2.21. The van der Waals surface area contributed by atoms with Crippen LogP contribution < -0.4 is 5.32 Å². The van der Waals surface area contributed by atoms with E-state index in [2.05, 4.69) is 10.4 Å². The van der Waals surface area contributed by atoms with Crippen molar-refractivity contribution >= 4 is 33.2 Å². The number of hydrogen-bond acceptors (Lipinski definition) is 4. The fourth-order valence-corrected chi connectivity index (χ4v) is 5.60. The van der Waals surface area contributed by atoms with E-state index in [-0.39, 0.29) is 17.4 Å². The smallest absolute Gasteiger partial charge is 0.225 e. The van der Waals surface area contributed by atoms with Crippen molar-refractivity contribution in [3.8, 4) is 5.69 Å². The molecular formula is C19H22ClN3O3S. The quantitative estimate of drug-likeness (QED) is 0.834. The van der Waals surface area contributed by atoms with Crippen LogP contribution in [0.1, 0.15) is 49.8 Å². The number of halogens is 1. The number of benzene rings is 1. The molecule has 144 valence electrons. The van der Waals surface area contributed by atoms with Crippen LogP contribution in [0.2, 0.25) is 5.02 Å². The molecule has 0 unspecified atom stereocenters. The van der Waals surface area contributed by atoms with Gasteiger partial charge < -0.3 is 5.32 Å². The molecule has 1 aromatic carbocycles. The first-order valence-electron chi connectivity index (χ1n) is 9.28. The third kappa shape index (κ3) is 4.04. The lowest BCUT2D eigenvalue weighted by atomic mass is 9.87. The first-order valence-corrected chi connectivity index (χ1v) is 11.5. The lowest BCUT2D eigenvalue weighted by molar-refractivity contribution is -0.117. The molecule has 1 N–H and O–H groups in total. The molecule has 0 bridgehead atoms. The van der Waals surface area contributed by atoms with Crippen LogP contribution in [0, 0.1) is 5.92 Å². The predicted molar refractivity (Wildman–Crippen MR) is 105 cm³/mol. The van der Waals surface area contributed by atoms with Crippen molar-refractivity contribution in [2.24, 2.45) is 5.92 Å². The first-order chi connectivity index (χ1) is 12.9. The molecule has 2 heterocycles. The van der Waals surface area contributed by atoms with Gasteiger partial charge in [-0.2, -0.15) is 5.10 Å². The minimum atomic E-state index is -3.20. The van der Waals surface area contributed by atoms with Gasteiger partial charge in [-0.25, -0.2) is 13.1 Å². The summed E-state index contributed by atoms with van der Waals surface area (Å²) in [6.45, 7) is 0. The van der Waals surface area contributed by atoms with Gasteiger partial charge >= 0.3 is 0 Å². The van der Waals surface area contributed by atoms with Crippen LogP contribution in [-0.4, -0.2) is 24.1 Å². The second-order valence-electron chi connectivity index (χ2n) is 7.45. The van der Waals surface area contributed by atoms with E-state index in [0.717, 1.165) is 18.5 Å². The maximum absolute atomic E-state index is 12.7. The average molecular weight is 408 g/mol. The van der Waals surface area contributed by atoms with Crippen LogP contribution in [0.5, 0.6) is 0 Å². The molecule has 4 rings (SSSR count). The van der Waals surface area contributed by atoms with Gasteiger partial charge in [-0.15, -0.1) is 0 Å². The largest absolute Gasteiger partial charge is 0.310 e. The number of sulfone groups is 1. The molecule has 2 aliphatic rings. The zero-order chi connectivity index (χ0) is 19.0. The number of amides is 1. The number of fused-ring (bicyclic) bond motifs is 1. The van der Waals surface area contributed by atoms with E-state index in [4.69, 9.17) is 11.6 Å². The second-order valence-corrected chi connectivity index (χ2v) is 9.95. The van der Waals surface area contributed by atoms with Gasteiger partial charge in [-0.1, -0.05) is 30.9 Å². The Balaban J connectivity index is 1.63. The van der Waals surface area contributed by atoms with E-state index in [9.17, 15) is 13.2 Å². The molecule has 2 aromatic rings. The van der Waals surface area contributed by atoms with Gasteiger partial charge in [0.1, 0.15) is 5.82 Å². The molecule has 0 radical (unpaired) electrons. The number of nitrogens with zero attached hydrogens (tertiary/aromatic N) is 2. The Bertz CT molecular complexity index is 961. The van der Waals surface area contributed by atoms with Gasteiger partial charge in [-0.3, -0.25) is 4.79 Å². The van der Waals surface area contributed by atoms with Crippen molar-refractivity contribution in [1.82, 2.24) is 9.78 Å². The van der Waals surface area contributed by atoms with Gasteiger partial charge in [0.2, 0.25) is 5.91 Å². The summed E-state index contributed by atoms with van der Waals surface area (Å²) in [7, 11) is -3.20. The van der Waals surface area contributed by atoms with Crippen LogP contribution in [-0.2, 0) is 26.1 Å². The zero-order valence-electron chi connectivity index (χ0n) is 14.9. The molecule has 27 heavy (non-hydrogen) atoms. The summed E-state index contributed by atoms with van der Waals surface area (Å²) in [4.78, 5) is 12.7. The summed E-state index contributed by atoms with van der Waals surface area (Å²) in [5.74, 6) is 0.615. The van der Waals surface area contributed by atoms with Gasteiger partial charge in [0.05, 0.1) is 22.9 Å². The number of aromatic nitrogens is 2. The minimum Gasteiger partial charge on any atom is -0.310 e. The molecule has 0 atom stereocenters. The van der Waals surface area contributed by atoms with E-state index in [0.29, 0.717) is 34.4 Å². The minimum absolute atomic E-state index is 0.0795. The Morgan fingerprint density at radius 2 is 1.85 bits per heavy atom. The molecule has 0 spiro atoms. The summed E-state index contributed by atoms with van der Waals surface area (Å²) < 4.78 is 25.7. The summed E-state index contributed by atoms with van der Waals surface area (Å²) >= 11 is 5.97. The molecule has 0 saturated heterocycles. The molecule has 1 amide bonds. The third-order valence-corrected chi connectivity index (χ3v) is 7.01. The molecule has 1 fully saturated rings. The number of carbonyl (C=O) groups is 1. The highest BCUT2D eigenvalue weighted by Gasteiger charge is 2.33. The predicted octanol–water partition coefficient (Wildman–Crippen LogP) is 3.86. The van der Waals surface area contributed by atoms with Crippen molar-refractivity contribution in [1.29, 1.82) is 0 Å². The van der Waals surface area contributed by atoms with E-state index >= 15 is 0 Å². The number of carbonyl (C=O) groups excluding carboxylic acids is 1. The third-order valence-electron chi connectivity index (χ3n) is 5.32. The maximum Gasteiger partial charge on any atom is 0.225 e. The van der Waals surface area contributed by atoms with E-state index in [1.165, 1.54) is 19.3 Å². The monoisotopic (exact) mass is 407 g/mol. The van der Waals surface area contributed by atoms with Gasteiger partial charge in [0.25, 0.3) is 0 Å². The molecule has 1 aliphatic heterocycles. The Morgan fingerprint density at radius 1 is 1.15 bits per heavy atom. The first kappa shape index (κ1) is 18.5. The van der Waals surface area contributed by atoms with Crippen molar-refractivity contribution < 1.29 is 13.2 Å². The SMILES string of the molecule is O=C(CC1CCCCC1)Nc1c2c(nn1-c1ccc(Cl)cc1)CS(=O)(=O)C2. The summed E-state index contributed by atoms with van der Waals surface area (Å²) in [6.07, 6.45) is 6.22. The highest BCUT2D eigenvalue weighted by Crippen LogP contribution is 2.34. The number of nitrogens with one attached hydrogen (secondary N) is 1. The fraction of sp³-hybridized carbons (Fsp3) is 0.474. The molecule has 1 aromatic heterocycles. The van der Waals surface area contributed by atoms with Crippen LogP contribution in [0.3, 0.4) is 0 Å².